The van der Waals surface area contributed by atoms with Gasteiger partial charge in [0.25, 0.3) is 0 Å². The fourth-order valence-corrected chi connectivity index (χ4v) is 2.38. The van der Waals surface area contributed by atoms with Crippen LogP contribution >= 0.6 is 0 Å². The van der Waals surface area contributed by atoms with Crippen LogP contribution in [0.25, 0.3) is 0 Å². The van der Waals surface area contributed by atoms with Crippen molar-refractivity contribution in [1.82, 2.24) is 4.98 Å². The van der Waals surface area contributed by atoms with E-state index in [1.807, 2.05) is 19.2 Å². The molecule has 3 nitrogen and oxygen atoms in total. The Morgan fingerprint density at radius 1 is 1.41 bits per heavy atom. The van der Waals surface area contributed by atoms with E-state index in [1.165, 1.54) is 6.42 Å². The molecule has 0 saturated carbocycles. The number of pyridine rings is 1. The Balaban J connectivity index is 2.13. The molecule has 94 valence electrons. The van der Waals surface area contributed by atoms with Crippen molar-refractivity contribution in [3.05, 3.63) is 17.8 Å². The molecule has 3 heteroatoms. The molecule has 1 atom stereocenters. The van der Waals surface area contributed by atoms with Crippen molar-refractivity contribution < 1.29 is 0 Å². The first kappa shape index (κ1) is 12.2. The van der Waals surface area contributed by atoms with Crippen molar-refractivity contribution >= 4 is 11.5 Å². The molecule has 0 aliphatic carbocycles. The van der Waals surface area contributed by atoms with Crippen LogP contribution in [-0.2, 0) is 0 Å². The van der Waals surface area contributed by atoms with Gasteiger partial charge in [-0.15, -0.1) is 0 Å². The highest BCUT2D eigenvalue weighted by Gasteiger charge is 2.32. The highest BCUT2D eigenvalue weighted by Crippen LogP contribution is 2.35. The van der Waals surface area contributed by atoms with E-state index in [1.54, 1.807) is 0 Å². The monoisotopic (exact) mass is 233 g/mol. The van der Waals surface area contributed by atoms with Gasteiger partial charge in [0.15, 0.2) is 0 Å². The molecule has 17 heavy (non-hydrogen) atoms. The number of rotatable bonds is 1. The summed E-state index contributed by atoms with van der Waals surface area (Å²) in [4.78, 5) is 6.84. The van der Waals surface area contributed by atoms with Crippen molar-refractivity contribution in [2.75, 3.05) is 23.7 Å². The number of nitrogen functional groups attached to an aromatic ring is 1. The second kappa shape index (κ2) is 4.21. The van der Waals surface area contributed by atoms with E-state index >= 15 is 0 Å². The van der Waals surface area contributed by atoms with Crippen molar-refractivity contribution in [1.29, 1.82) is 0 Å². The molecule has 0 amide bonds. The quantitative estimate of drug-likeness (QED) is 0.811. The van der Waals surface area contributed by atoms with Crippen LogP contribution in [0.15, 0.2) is 12.3 Å². The standard InChI is InChI=1S/C14H23N3/c1-10-8-16-13(7-12(10)15)17-6-5-11(9-17)14(2,3)4/h7-8,11H,5-6,9H2,1-4H3,(H2,15,16). The number of nitrogens with two attached hydrogens (primary N) is 1. The lowest BCUT2D eigenvalue weighted by molar-refractivity contribution is 0.263. The summed E-state index contributed by atoms with van der Waals surface area (Å²) in [5.74, 6) is 1.77. The van der Waals surface area contributed by atoms with E-state index in [0.29, 0.717) is 5.41 Å². The number of nitrogens with zero attached hydrogens (tertiary/aromatic N) is 2. The molecule has 0 radical (unpaired) electrons. The normalized spacial score (nSPS) is 20.9. The molecular formula is C14H23N3. The Morgan fingerprint density at radius 2 is 2.12 bits per heavy atom. The number of hydrogen-bond donors (Lipinski definition) is 1. The molecule has 0 aromatic carbocycles. The van der Waals surface area contributed by atoms with Crippen LogP contribution in [0.1, 0.15) is 32.8 Å². The second-order valence-electron chi connectivity index (χ2n) is 6.20. The van der Waals surface area contributed by atoms with Gasteiger partial charge in [0.1, 0.15) is 5.82 Å². The zero-order valence-corrected chi connectivity index (χ0v) is 11.3. The summed E-state index contributed by atoms with van der Waals surface area (Å²) < 4.78 is 0. The summed E-state index contributed by atoms with van der Waals surface area (Å²) in [6, 6.07) is 2.00. The van der Waals surface area contributed by atoms with Crippen molar-refractivity contribution in [2.24, 2.45) is 11.3 Å². The molecule has 1 saturated heterocycles. The third kappa shape index (κ3) is 2.54. The summed E-state index contributed by atoms with van der Waals surface area (Å²) >= 11 is 0. The summed E-state index contributed by atoms with van der Waals surface area (Å²) in [6.07, 6.45) is 3.12. The number of aromatic nitrogens is 1. The number of hydrogen-bond acceptors (Lipinski definition) is 3. The maximum absolute atomic E-state index is 5.94. The van der Waals surface area contributed by atoms with Crippen LogP contribution in [0.3, 0.4) is 0 Å². The molecule has 2 N–H and O–H groups in total. The van der Waals surface area contributed by atoms with Gasteiger partial charge in [-0.2, -0.15) is 0 Å². The molecule has 1 aliphatic rings. The molecule has 2 rings (SSSR count). The lowest BCUT2D eigenvalue weighted by Crippen LogP contribution is -2.26. The lowest BCUT2D eigenvalue weighted by Gasteiger charge is -2.27. The van der Waals surface area contributed by atoms with E-state index in [4.69, 9.17) is 5.73 Å². The van der Waals surface area contributed by atoms with Crippen molar-refractivity contribution in [2.45, 2.75) is 34.1 Å². The van der Waals surface area contributed by atoms with Gasteiger partial charge in [0.05, 0.1) is 0 Å². The summed E-state index contributed by atoms with van der Waals surface area (Å²) in [5.41, 5.74) is 8.22. The Hall–Kier alpha value is -1.25. The fraction of sp³-hybridized carbons (Fsp3) is 0.643. The maximum atomic E-state index is 5.94. The first-order valence-corrected chi connectivity index (χ1v) is 6.35. The Kier molecular flexibility index (Phi) is 3.02. The van der Waals surface area contributed by atoms with Gasteiger partial charge in [-0.25, -0.2) is 4.98 Å². The van der Waals surface area contributed by atoms with Gasteiger partial charge < -0.3 is 10.6 Å². The summed E-state index contributed by atoms with van der Waals surface area (Å²) in [7, 11) is 0. The molecule has 1 aromatic heterocycles. The van der Waals surface area contributed by atoms with Gasteiger partial charge in [0, 0.05) is 31.0 Å². The van der Waals surface area contributed by atoms with Crippen molar-refractivity contribution in [3.63, 3.8) is 0 Å². The lowest BCUT2D eigenvalue weighted by atomic mass is 9.80. The van der Waals surface area contributed by atoms with E-state index in [-0.39, 0.29) is 0 Å². The predicted molar refractivity (Wildman–Crippen MR) is 73.2 cm³/mol. The molecular weight excluding hydrogens is 210 g/mol. The molecule has 2 heterocycles. The van der Waals surface area contributed by atoms with E-state index < -0.39 is 0 Å². The highest BCUT2D eigenvalue weighted by molar-refractivity contribution is 5.55. The average molecular weight is 233 g/mol. The molecule has 0 spiro atoms. The molecule has 1 fully saturated rings. The topological polar surface area (TPSA) is 42.2 Å². The second-order valence-corrected chi connectivity index (χ2v) is 6.20. The average Bonchev–Trinajstić information content (AvgIpc) is 2.70. The summed E-state index contributed by atoms with van der Waals surface area (Å²) in [6.45, 7) is 11.1. The molecule has 0 bridgehead atoms. The van der Waals surface area contributed by atoms with E-state index in [0.717, 1.165) is 36.1 Å². The fourth-order valence-electron chi connectivity index (χ4n) is 2.38. The first-order chi connectivity index (χ1) is 7.88. The Morgan fingerprint density at radius 3 is 2.65 bits per heavy atom. The molecule has 1 aliphatic heterocycles. The first-order valence-electron chi connectivity index (χ1n) is 6.35. The third-order valence-electron chi connectivity index (χ3n) is 3.87. The van der Waals surface area contributed by atoms with E-state index in [2.05, 4.69) is 30.7 Å². The Bertz CT molecular complexity index is 406. The van der Waals surface area contributed by atoms with Gasteiger partial charge >= 0.3 is 0 Å². The van der Waals surface area contributed by atoms with Gasteiger partial charge in [-0.3, -0.25) is 0 Å². The van der Waals surface area contributed by atoms with Gasteiger partial charge in [-0.1, -0.05) is 20.8 Å². The summed E-state index contributed by atoms with van der Waals surface area (Å²) in [5, 5.41) is 0. The van der Waals surface area contributed by atoms with E-state index in [9.17, 15) is 0 Å². The minimum absolute atomic E-state index is 0.380. The van der Waals surface area contributed by atoms with Crippen LogP contribution in [0.2, 0.25) is 0 Å². The minimum Gasteiger partial charge on any atom is -0.398 e. The predicted octanol–water partition coefficient (Wildman–Crippen LogP) is 2.84. The SMILES string of the molecule is Cc1cnc(N2CCC(C(C)(C)C)C2)cc1N. The molecule has 1 aromatic rings. The zero-order chi connectivity index (χ0) is 12.6. The van der Waals surface area contributed by atoms with Crippen LogP contribution in [0, 0.1) is 18.3 Å². The zero-order valence-electron chi connectivity index (χ0n) is 11.3. The van der Waals surface area contributed by atoms with Gasteiger partial charge in [-0.05, 0) is 30.2 Å². The Labute approximate surface area is 104 Å². The minimum atomic E-state index is 0.380. The van der Waals surface area contributed by atoms with Crippen LogP contribution in [-0.4, -0.2) is 18.1 Å². The molecule has 1 unspecified atom stereocenters. The third-order valence-corrected chi connectivity index (χ3v) is 3.87. The highest BCUT2D eigenvalue weighted by atomic mass is 15.2. The number of anilines is 2. The van der Waals surface area contributed by atoms with Crippen molar-refractivity contribution in [3.8, 4) is 0 Å². The van der Waals surface area contributed by atoms with Gasteiger partial charge in [0.2, 0.25) is 0 Å². The van der Waals surface area contributed by atoms with Crippen LogP contribution in [0.4, 0.5) is 11.5 Å². The maximum Gasteiger partial charge on any atom is 0.130 e. The largest absolute Gasteiger partial charge is 0.398 e. The van der Waals surface area contributed by atoms with Crippen LogP contribution in [0.5, 0.6) is 0 Å². The van der Waals surface area contributed by atoms with Crippen LogP contribution < -0.4 is 10.6 Å². The number of aryl methyl sites for hydroxylation is 1. The smallest absolute Gasteiger partial charge is 0.130 e.